The first-order valence-corrected chi connectivity index (χ1v) is 4.99. The van der Waals surface area contributed by atoms with E-state index in [4.69, 9.17) is 0 Å². The molecule has 0 radical (unpaired) electrons. The fourth-order valence-electron chi connectivity index (χ4n) is 2.03. The van der Waals surface area contributed by atoms with E-state index >= 15 is 0 Å². The van der Waals surface area contributed by atoms with Gasteiger partial charge >= 0.3 is 0 Å². The topological polar surface area (TPSA) is 33.4 Å². The molecular formula is C11H12N4. The lowest BCUT2D eigenvalue weighted by molar-refractivity contribution is 0.776. The average molecular weight is 200 g/mol. The van der Waals surface area contributed by atoms with Gasteiger partial charge in [-0.3, -0.25) is 0 Å². The van der Waals surface area contributed by atoms with E-state index in [1.807, 2.05) is 37.2 Å². The third-order valence-corrected chi connectivity index (χ3v) is 2.63. The molecule has 1 aromatic carbocycles. The number of nitrogens with zero attached hydrogens (tertiary/aromatic N) is 4. The number of hydrazone groups is 1. The first-order valence-electron chi connectivity index (χ1n) is 4.99. The molecule has 1 aromatic heterocycles. The highest BCUT2D eigenvalue weighted by Crippen LogP contribution is 2.24. The van der Waals surface area contributed by atoms with E-state index in [-0.39, 0.29) is 0 Å². The van der Waals surface area contributed by atoms with Gasteiger partial charge in [0.2, 0.25) is 5.95 Å². The van der Waals surface area contributed by atoms with Crippen molar-refractivity contribution in [3.05, 3.63) is 24.3 Å². The van der Waals surface area contributed by atoms with Crippen LogP contribution in [0.2, 0.25) is 0 Å². The summed E-state index contributed by atoms with van der Waals surface area (Å²) in [4.78, 5) is 4.55. The Morgan fingerprint density at radius 2 is 2.07 bits per heavy atom. The first kappa shape index (κ1) is 8.47. The van der Waals surface area contributed by atoms with E-state index in [1.54, 1.807) is 0 Å². The third kappa shape index (κ3) is 1.14. The maximum absolute atomic E-state index is 4.55. The molecule has 2 heterocycles. The summed E-state index contributed by atoms with van der Waals surface area (Å²) in [6.45, 7) is 2.87. The van der Waals surface area contributed by atoms with Crippen LogP contribution in [-0.4, -0.2) is 22.3 Å². The Balaban J connectivity index is 2.31. The van der Waals surface area contributed by atoms with Crippen LogP contribution in [0.25, 0.3) is 11.0 Å². The molecule has 4 nitrogen and oxygen atoms in total. The summed E-state index contributed by atoms with van der Waals surface area (Å²) in [5.41, 5.74) is 3.31. The molecule has 0 N–H and O–H groups in total. The highest BCUT2D eigenvalue weighted by molar-refractivity contribution is 5.88. The number of anilines is 1. The predicted octanol–water partition coefficient (Wildman–Crippen LogP) is 1.86. The lowest BCUT2D eigenvalue weighted by Crippen LogP contribution is -2.24. The van der Waals surface area contributed by atoms with Crippen molar-refractivity contribution in [2.75, 3.05) is 12.1 Å². The van der Waals surface area contributed by atoms with Gasteiger partial charge in [-0.1, -0.05) is 12.1 Å². The minimum absolute atomic E-state index is 0.834. The summed E-state index contributed by atoms with van der Waals surface area (Å²) in [5.74, 6) is 0.918. The van der Waals surface area contributed by atoms with Gasteiger partial charge in [0, 0.05) is 7.05 Å². The average Bonchev–Trinajstić information content (AvgIpc) is 2.57. The van der Waals surface area contributed by atoms with Gasteiger partial charge in [-0.05, 0) is 19.1 Å². The second-order valence-electron chi connectivity index (χ2n) is 3.85. The second kappa shape index (κ2) is 2.82. The lowest BCUT2D eigenvalue weighted by atomic mass is 10.3. The molecule has 0 unspecified atom stereocenters. The molecule has 1 aliphatic rings. The van der Waals surface area contributed by atoms with Crippen molar-refractivity contribution in [3.8, 4) is 0 Å². The van der Waals surface area contributed by atoms with E-state index < -0.39 is 0 Å². The fourth-order valence-corrected chi connectivity index (χ4v) is 2.03. The molecule has 0 bridgehead atoms. The highest BCUT2D eigenvalue weighted by Gasteiger charge is 2.18. The molecule has 0 fully saturated rings. The zero-order valence-electron chi connectivity index (χ0n) is 8.81. The van der Waals surface area contributed by atoms with Gasteiger partial charge in [-0.15, -0.1) is 0 Å². The maximum Gasteiger partial charge on any atom is 0.227 e. The van der Waals surface area contributed by atoms with Gasteiger partial charge < -0.3 is 4.57 Å². The molecule has 1 aliphatic heterocycles. The molecule has 2 aromatic rings. The molecular weight excluding hydrogens is 188 g/mol. The van der Waals surface area contributed by atoms with Crippen molar-refractivity contribution in [2.45, 2.75) is 13.5 Å². The van der Waals surface area contributed by atoms with E-state index in [2.05, 4.69) is 20.7 Å². The van der Waals surface area contributed by atoms with Crippen molar-refractivity contribution in [1.29, 1.82) is 0 Å². The van der Waals surface area contributed by atoms with Gasteiger partial charge in [-0.2, -0.15) is 5.10 Å². The van der Waals surface area contributed by atoms with Crippen molar-refractivity contribution >= 4 is 22.7 Å². The number of rotatable bonds is 0. The Morgan fingerprint density at radius 1 is 1.27 bits per heavy atom. The number of imidazole rings is 1. The van der Waals surface area contributed by atoms with Crippen LogP contribution in [0.15, 0.2) is 29.4 Å². The Kier molecular flexibility index (Phi) is 1.59. The third-order valence-electron chi connectivity index (χ3n) is 2.63. The number of aromatic nitrogens is 2. The number of para-hydroxylation sites is 2. The predicted molar refractivity (Wildman–Crippen MR) is 61.2 cm³/mol. The number of benzene rings is 1. The zero-order chi connectivity index (χ0) is 10.4. The minimum Gasteiger partial charge on any atom is -0.303 e. The SMILES string of the molecule is CC1=NN(C)c2nc3ccccc3n2C1. The van der Waals surface area contributed by atoms with E-state index in [0.717, 1.165) is 23.7 Å². The Hall–Kier alpha value is -1.84. The monoisotopic (exact) mass is 200 g/mol. The Bertz CT molecular complexity index is 553. The van der Waals surface area contributed by atoms with Crippen molar-refractivity contribution in [2.24, 2.45) is 5.10 Å². The van der Waals surface area contributed by atoms with E-state index in [0.29, 0.717) is 0 Å². The van der Waals surface area contributed by atoms with Crippen LogP contribution in [0.4, 0.5) is 5.95 Å². The van der Waals surface area contributed by atoms with Crippen LogP contribution >= 0.6 is 0 Å². The minimum atomic E-state index is 0.834. The molecule has 0 aliphatic carbocycles. The molecule has 3 rings (SSSR count). The fraction of sp³-hybridized carbons (Fsp3) is 0.273. The maximum atomic E-state index is 4.55. The molecule has 0 saturated carbocycles. The molecule has 0 saturated heterocycles. The standard InChI is InChI=1S/C11H12N4/c1-8-7-15-10-6-4-3-5-9(10)12-11(15)14(2)13-8/h3-6H,7H2,1-2H3. The van der Waals surface area contributed by atoms with E-state index in [1.165, 1.54) is 5.52 Å². The van der Waals surface area contributed by atoms with Gasteiger partial charge in [0.25, 0.3) is 0 Å². The quantitative estimate of drug-likeness (QED) is 0.650. The molecule has 0 amide bonds. The summed E-state index contributed by atoms with van der Waals surface area (Å²) >= 11 is 0. The van der Waals surface area contributed by atoms with Crippen molar-refractivity contribution in [1.82, 2.24) is 9.55 Å². The van der Waals surface area contributed by atoms with Crippen LogP contribution in [-0.2, 0) is 6.54 Å². The van der Waals surface area contributed by atoms with E-state index in [9.17, 15) is 0 Å². The number of hydrogen-bond acceptors (Lipinski definition) is 3. The summed E-state index contributed by atoms with van der Waals surface area (Å²) < 4.78 is 2.19. The van der Waals surface area contributed by atoms with Gasteiger partial charge in [-0.25, -0.2) is 9.99 Å². The molecule has 76 valence electrons. The first-order chi connectivity index (χ1) is 7.25. The van der Waals surface area contributed by atoms with Crippen LogP contribution in [0.3, 0.4) is 0 Å². The van der Waals surface area contributed by atoms with Crippen LogP contribution < -0.4 is 5.01 Å². The van der Waals surface area contributed by atoms with Gasteiger partial charge in [0.1, 0.15) is 0 Å². The van der Waals surface area contributed by atoms with Crippen molar-refractivity contribution < 1.29 is 0 Å². The molecule has 0 atom stereocenters. The van der Waals surface area contributed by atoms with Gasteiger partial charge in [0.15, 0.2) is 0 Å². The van der Waals surface area contributed by atoms with Crippen LogP contribution in [0.5, 0.6) is 0 Å². The summed E-state index contributed by atoms with van der Waals surface area (Å²) in [6.07, 6.45) is 0. The second-order valence-corrected chi connectivity index (χ2v) is 3.85. The summed E-state index contributed by atoms with van der Waals surface area (Å²) in [7, 11) is 1.93. The highest BCUT2D eigenvalue weighted by atomic mass is 15.5. The zero-order valence-corrected chi connectivity index (χ0v) is 8.81. The van der Waals surface area contributed by atoms with Gasteiger partial charge in [0.05, 0.1) is 23.3 Å². The molecule has 15 heavy (non-hydrogen) atoms. The molecule has 4 heteroatoms. The van der Waals surface area contributed by atoms with Crippen LogP contribution in [0.1, 0.15) is 6.92 Å². The number of hydrogen-bond donors (Lipinski definition) is 0. The van der Waals surface area contributed by atoms with Crippen LogP contribution in [0, 0.1) is 0 Å². The summed E-state index contributed by atoms with van der Waals surface area (Å²) in [6, 6.07) is 8.18. The smallest absolute Gasteiger partial charge is 0.227 e. The Morgan fingerprint density at radius 3 is 2.93 bits per heavy atom. The summed E-state index contributed by atoms with van der Waals surface area (Å²) in [5, 5.41) is 6.22. The number of fused-ring (bicyclic) bond motifs is 3. The Labute approximate surface area is 87.8 Å². The normalized spacial score (nSPS) is 15.3. The molecule has 0 spiro atoms. The lowest BCUT2D eigenvalue weighted by Gasteiger charge is -2.21. The van der Waals surface area contributed by atoms with Crippen molar-refractivity contribution in [3.63, 3.8) is 0 Å². The largest absolute Gasteiger partial charge is 0.303 e.